The zero-order valence-electron chi connectivity index (χ0n) is 16.9. The van der Waals surface area contributed by atoms with E-state index < -0.39 is 0 Å². The Morgan fingerprint density at radius 1 is 0.931 bits per heavy atom. The molecule has 0 atom stereocenters. The van der Waals surface area contributed by atoms with Gasteiger partial charge in [-0.15, -0.1) is 0 Å². The maximum Gasteiger partial charge on any atom is 0.246 e. The Morgan fingerprint density at radius 2 is 1.52 bits per heavy atom. The van der Waals surface area contributed by atoms with Crippen molar-refractivity contribution in [3.63, 3.8) is 0 Å². The Kier molecular flexibility index (Phi) is 7.04. The van der Waals surface area contributed by atoms with Gasteiger partial charge in [0.2, 0.25) is 11.8 Å². The van der Waals surface area contributed by atoms with Crippen LogP contribution in [0.5, 0.6) is 5.75 Å². The third-order valence-corrected chi connectivity index (χ3v) is 5.78. The van der Waals surface area contributed by atoms with E-state index in [2.05, 4.69) is 0 Å². The second-order valence-electron chi connectivity index (χ2n) is 7.69. The van der Waals surface area contributed by atoms with Crippen LogP contribution in [0.4, 0.5) is 0 Å². The van der Waals surface area contributed by atoms with Gasteiger partial charge >= 0.3 is 0 Å². The Morgan fingerprint density at radius 3 is 2.10 bits per heavy atom. The van der Waals surface area contributed by atoms with E-state index in [-0.39, 0.29) is 29.6 Å². The third kappa shape index (κ3) is 5.44. The standard InChI is InChI=1S/C22H29N3O4/c1-29-19-8-4-16(5-9-19)20(26)10-11-21(27)24-12-14-25(15-13-24)22(28)17-2-6-18(23)7-3-17/h4-5,8-11,17-18H,2-3,6-7,12-15,23H2,1H3/b11-10+. The fourth-order valence-electron chi connectivity index (χ4n) is 3.88. The molecule has 1 aliphatic heterocycles. The molecule has 2 fully saturated rings. The molecule has 1 aliphatic carbocycles. The van der Waals surface area contributed by atoms with Gasteiger partial charge in [-0.25, -0.2) is 0 Å². The number of hydrogen-bond acceptors (Lipinski definition) is 5. The highest BCUT2D eigenvalue weighted by atomic mass is 16.5. The van der Waals surface area contributed by atoms with Crippen LogP contribution in [0.15, 0.2) is 36.4 Å². The first-order chi connectivity index (χ1) is 14.0. The van der Waals surface area contributed by atoms with Gasteiger partial charge in [-0.1, -0.05) is 0 Å². The Labute approximate surface area is 171 Å². The fourth-order valence-corrected chi connectivity index (χ4v) is 3.88. The largest absolute Gasteiger partial charge is 0.497 e. The van der Waals surface area contributed by atoms with Crippen molar-refractivity contribution in [3.05, 3.63) is 42.0 Å². The zero-order valence-corrected chi connectivity index (χ0v) is 16.9. The highest BCUT2D eigenvalue weighted by Crippen LogP contribution is 2.25. The summed E-state index contributed by atoms with van der Waals surface area (Å²) in [4.78, 5) is 40.8. The summed E-state index contributed by atoms with van der Waals surface area (Å²) in [6.07, 6.45) is 6.13. The lowest BCUT2D eigenvalue weighted by atomic mass is 9.85. The van der Waals surface area contributed by atoms with Crippen molar-refractivity contribution in [2.45, 2.75) is 31.7 Å². The molecule has 0 radical (unpaired) electrons. The van der Waals surface area contributed by atoms with Gasteiger partial charge in [-0.2, -0.15) is 0 Å². The highest BCUT2D eigenvalue weighted by molar-refractivity contribution is 6.07. The van der Waals surface area contributed by atoms with E-state index in [1.165, 1.54) is 12.2 Å². The number of methoxy groups -OCH3 is 1. The number of benzene rings is 1. The van der Waals surface area contributed by atoms with Gasteiger partial charge in [0, 0.05) is 49.8 Å². The number of amides is 2. The van der Waals surface area contributed by atoms with Crippen molar-refractivity contribution in [1.82, 2.24) is 9.80 Å². The highest BCUT2D eigenvalue weighted by Gasteiger charge is 2.30. The monoisotopic (exact) mass is 399 g/mol. The second-order valence-corrected chi connectivity index (χ2v) is 7.69. The average Bonchev–Trinajstić information content (AvgIpc) is 2.77. The molecule has 2 N–H and O–H groups in total. The maximum absolute atomic E-state index is 12.7. The normalized spacial score (nSPS) is 22.6. The van der Waals surface area contributed by atoms with Crippen LogP contribution < -0.4 is 10.5 Å². The average molecular weight is 399 g/mol. The van der Waals surface area contributed by atoms with Crippen LogP contribution in [-0.4, -0.2) is 66.7 Å². The molecule has 7 nitrogen and oxygen atoms in total. The van der Waals surface area contributed by atoms with Crippen LogP contribution in [0.3, 0.4) is 0 Å². The molecule has 29 heavy (non-hydrogen) atoms. The summed E-state index contributed by atoms with van der Waals surface area (Å²) in [6.45, 7) is 2.04. The van der Waals surface area contributed by atoms with Crippen LogP contribution in [0, 0.1) is 5.92 Å². The molecule has 1 saturated carbocycles. The van der Waals surface area contributed by atoms with E-state index in [1.807, 2.05) is 4.90 Å². The van der Waals surface area contributed by atoms with Crippen molar-refractivity contribution in [2.24, 2.45) is 11.7 Å². The Balaban J connectivity index is 1.47. The summed E-state index contributed by atoms with van der Waals surface area (Å²) in [6, 6.07) is 6.97. The number of carbonyl (C=O) groups is 3. The predicted molar refractivity (Wildman–Crippen MR) is 110 cm³/mol. The molecule has 0 bridgehead atoms. The zero-order chi connectivity index (χ0) is 20.8. The summed E-state index contributed by atoms with van der Waals surface area (Å²) in [7, 11) is 1.56. The molecule has 7 heteroatoms. The SMILES string of the molecule is COc1ccc(C(=O)/C=C/C(=O)N2CCN(C(=O)C3CCC(N)CC3)CC2)cc1. The molecule has 0 aromatic heterocycles. The van der Waals surface area contributed by atoms with Crippen molar-refractivity contribution >= 4 is 17.6 Å². The van der Waals surface area contributed by atoms with Crippen molar-refractivity contribution in [3.8, 4) is 5.75 Å². The fraction of sp³-hybridized carbons (Fsp3) is 0.500. The first kappa shape index (κ1) is 21.0. The minimum absolute atomic E-state index is 0.0686. The van der Waals surface area contributed by atoms with E-state index >= 15 is 0 Å². The molecule has 1 heterocycles. The molecule has 2 amide bonds. The Hall–Kier alpha value is -2.67. The quantitative estimate of drug-likeness (QED) is 0.600. The van der Waals surface area contributed by atoms with Crippen LogP contribution in [-0.2, 0) is 9.59 Å². The molecular weight excluding hydrogens is 370 g/mol. The molecule has 1 aromatic rings. The van der Waals surface area contributed by atoms with Gasteiger partial charge in [0.25, 0.3) is 0 Å². The van der Waals surface area contributed by atoms with Gasteiger partial charge in [0.05, 0.1) is 7.11 Å². The molecule has 1 saturated heterocycles. The molecule has 1 aromatic carbocycles. The maximum atomic E-state index is 12.7. The number of carbonyl (C=O) groups excluding carboxylic acids is 3. The van der Waals surface area contributed by atoms with Gasteiger partial charge in [-0.3, -0.25) is 14.4 Å². The molecule has 156 valence electrons. The summed E-state index contributed by atoms with van der Waals surface area (Å²) >= 11 is 0. The van der Waals surface area contributed by atoms with Gasteiger partial charge in [-0.05, 0) is 56.0 Å². The van der Waals surface area contributed by atoms with E-state index in [0.29, 0.717) is 37.5 Å². The van der Waals surface area contributed by atoms with Crippen LogP contribution >= 0.6 is 0 Å². The number of rotatable bonds is 5. The first-order valence-electron chi connectivity index (χ1n) is 10.2. The third-order valence-electron chi connectivity index (χ3n) is 5.78. The summed E-state index contributed by atoms with van der Waals surface area (Å²) in [5.74, 6) is 0.492. The topological polar surface area (TPSA) is 92.9 Å². The van der Waals surface area contributed by atoms with Crippen LogP contribution in [0.25, 0.3) is 0 Å². The second kappa shape index (κ2) is 9.69. The number of allylic oxidation sites excluding steroid dienone is 1. The van der Waals surface area contributed by atoms with E-state index in [4.69, 9.17) is 10.5 Å². The molecule has 3 rings (SSSR count). The number of nitrogens with two attached hydrogens (primary N) is 1. The van der Waals surface area contributed by atoms with Crippen LogP contribution in [0.1, 0.15) is 36.0 Å². The summed E-state index contributed by atoms with van der Waals surface area (Å²) in [5, 5.41) is 0. The lowest BCUT2D eigenvalue weighted by Crippen LogP contribution is -2.52. The number of ketones is 1. The smallest absolute Gasteiger partial charge is 0.246 e. The van der Waals surface area contributed by atoms with Gasteiger partial charge < -0.3 is 20.3 Å². The number of hydrogen-bond donors (Lipinski definition) is 1. The summed E-state index contributed by atoms with van der Waals surface area (Å²) in [5.41, 5.74) is 6.42. The van der Waals surface area contributed by atoms with E-state index in [9.17, 15) is 14.4 Å². The van der Waals surface area contributed by atoms with Crippen molar-refractivity contribution in [2.75, 3.05) is 33.3 Å². The van der Waals surface area contributed by atoms with Gasteiger partial charge in [0.1, 0.15) is 5.75 Å². The van der Waals surface area contributed by atoms with Crippen molar-refractivity contribution in [1.29, 1.82) is 0 Å². The van der Waals surface area contributed by atoms with Crippen LogP contribution in [0.2, 0.25) is 0 Å². The molecule has 0 unspecified atom stereocenters. The molecular formula is C22H29N3O4. The number of nitrogens with zero attached hydrogens (tertiary/aromatic N) is 2. The molecule has 0 spiro atoms. The first-order valence-corrected chi connectivity index (χ1v) is 10.2. The number of piperazine rings is 1. The van der Waals surface area contributed by atoms with Gasteiger partial charge in [0.15, 0.2) is 5.78 Å². The number of ether oxygens (including phenoxy) is 1. The van der Waals surface area contributed by atoms with Crippen molar-refractivity contribution < 1.29 is 19.1 Å². The van der Waals surface area contributed by atoms with E-state index in [1.54, 1.807) is 36.3 Å². The Bertz CT molecular complexity index is 759. The lowest BCUT2D eigenvalue weighted by molar-refractivity contribution is -0.141. The molecule has 2 aliphatic rings. The summed E-state index contributed by atoms with van der Waals surface area (Å²) < 4.78 is 5.07. The minimum Gasteiger partial charge on any atom is -0.497 e. The lowest BCUT2D eigenvalue weighted by Gasteiger charge is -2.37. The predicted octanol–water partition coefficient (Wildman–Crippen LogP) is 1.62. The minimum atomic E-state index is -0.231. The van der Waals surface area contributed by atoms with E-state index in [0.717, 1.165) is 25.7 Å².